The SMILES string of the molecule is CCOc1ccc(C2c3c(oc4ccc(Cl)cc4c3=O)C(=O)N2c2cc(C)ccn2)cc1OCC. The summed E-state index contributed by atoms with van der Waals surface area (Å²) in [4.78, 5) is 33.4. The van der Waals surface area contributed by atoms with E-state index in [-0.39, 0.29) is 16.8 Å². The van der Waals surface area contributed by atoms with Gasteiger partial charge in [-0.1, -0.05) is 17.7 Å². The first-order valence-corrected chi connectivity index (χ1v) is 11.7. The number of aromatic nitrogens is 1. The summed E-state index contributed by atoms with van der Waals surface area (Å²) >= 11 is 6.17. The van der Waals surface area contributed by atoms with Crippen LogP contribution in [0.15, 0.2) is 63.9 Å². The maximum atomic E-state index is 13.8. The Morgan fingerprint density at radius 2 is 1.77 bits per heavy atom. The van der Waals surface area contributed by atoms with E-state index in [2.05, 4.69) is 4.98 Å². The van der Waals surface area contributed by atoms with E-state index in [0.29, 0.717) is 52.1 Å². The lowest BCUT2D eigenvalue weighted by Crippen LogP contribution is -2.30. The minimum atomic E-state index is -0.777. The molecule has 0 radical (unpaired) electrons. The van der Waals surface area contributed by atoms with Crippen molar-refractivity contribution in [1.29, 1.82) is 0 Å². The van der Waals surface area contributed by atoms with Gasteiger partial charge >= 0.3 is 0 Å². The molecule has 1 aliphatic rings. The summed E-state index contributed by atoms with van der Waals surface area (Å²) in [5, 5.41) is 0.714. The van der Waals surface area contributed by atoms with E-state index in [9.17, 15) is 9.59 Å². The molecule has 5 rings (SSSR count). The van der Waals surface area contributed by atoms with E-state index < -0.39 is 11.9 Å². The minimum absolute atomic E-state index is 0.00928. The topological polar surface area (TPSA) is 81.9 Å². The van der Waals surface area contributed by atoms with E-state index in [1.807, 2.05) is 32.9 Å². The van der Waals surface area contributed by atoms with E-state index in [1.54, 1.807) is 42.6 Å². The average Bonchev–Trinajstić information content (AvgIpc) is 3.13. The zero-order chi connectivity index (χ0) is 24.7. The maximum absolute atomic E-state index is 13.8. The number of carbonyl (C=O) groups is 1. The van der Waals surface area contributed by atoms with Crippen molar-refractivity contribution in [2.75, 3.05) is 18.1 Å². The first-order valence-electron chi connectivity index (χ1n) is 11.3. The van der Waals surface area contributed by atoms with Crippen LogP contribution >= 0.6 is 11.6 Å². The van der Waals surface area contributed by atoms with Crippen molar-refractivity contribution in [2.24, 2.45) is 0 Å². The van der Waals surface area contributed by atoms with Gasteiger partial charge in [-0.25, -0.2) is 4.98 Å². The first kappa shape index (κ1) is 22.9. The van der Waals surface area contributed by atoms with Crippen molar-refractivity contribution in [3.8, 4) is 11.5 Å². The Morgan fingerprint density at radius 3 is 2.51 bits per heavy atom. The minimum Gasteiger partial charge on any atom is -0.490 e. The molecule has 1 atom stereocenters. The summed E-state index contributed by atoms with van der Waals surface area (Å²) in [6, 6.07) is 13.1. The quantitative estimate of drug-likeness (QED) is 0.345. The number of amides is 1. The lowest BCUT2D eigenvalue weighted by molar-refractivity contribution is 0.0970. The van der Waals surface area contributed by atoms with Crippen LogP contribution in [-0.2, 0) is 0 Å². The molecule has 0 bridgehead atoms. The van der Waals surface area contributed by atoms with Crippen LogP contribution < -0.4 is 19.8 Å². The van der Waals surface area contributed by atoms with Gasteiger partial charge in [0.1, 0.15) is 11.4 Å². The summed E-state index contributed by atoms with van der Waals surface area (Å²) in [6.45, 7) is 6.59. The molecule has 7 nitrogen and oxygen atoms in total. The number of hydrogen-bond acceptors (Lipinski definition) is 6. The van der Waals surface area contributed by atoms with Crippen LogP contribution in [0.25, 0.3) is 11.0 Å². The van der Waals surface area contributed by atoms with Gasteiger partial charge in [0.15, 0.2) is 16.9 Å². The Bertz CT molecular complexity index is 1510. The van der Waals surface area contributed by atoms with Crippen molar-refractivity contribution in [3.63, 3.8) is 0 Å². The third-order valence-corrected chi connectivity index (χ3v) is 6.10. The molecular formula is C27H23ClN2O5. The van der Waals surface area contributed by atoms with Gasteiger partial charge in [0.25, 0.3) is 5.91 Å². The Balaban J connectivity index is 1.79. The number of anilines is 1. The molecule has 1 amide bonds. The summed E-state index contributed by atoms with van der Waals surface area (Å²) < 4.78 is 17.5. The number of nitrogens with zero attached hydrogens (tertiary/aromatic N) is 2. The zero-order valence-electron chi connectivity index (χ0n) is 19.5. The van der Waals surface area contributed by atoms with Crippen LogP contribution in [0.4, 0.5) is 5.82 Å². The zero-order valence-corrected chi connectivity index (χ0v) is 20.3. The second-order valence-corrected chi connectivity index (χ2v) is 8.59. The monoisotopic (exact) mass is 490 g/mol. The van der Waals surface area contributed by atoms with Crippen molar-refractivity contribution in [2.45, 2.75) is 26.8 Å². The van der Waals surface area contributed by atoms with Crippen molar-refractivity contribution in [1.82, 2.24) is 4.98 Å². The van der Waals surface area contributed by atoms with Crippen LogP contribution in [0, 0.1) is 6.92 Å². The third-order valence-electron chi connectivity index (χ3n) is 5.86. The molecule has 3 heterocycles. The van der Waals surface area contributed by atoms with Gasteiger partial charge in [-0.3, -0.25) is 14.5 Å². The van der Waals surface area contributed by atoms with Crippen LogP contribution in [-0.4, -0.2) is 24.1 Å². The van der Waals surface area contributed by atoms with Gasteiger partial charge in [-0.2, -0.15) is 0 Å². The summed E-state index contributed by atoms with van der Waals surface area (Å²) in [5.74, 6) is 1.08. The first-order chi connectivity index (χ1) is 16.9. The fraction of sp³-hybridized carbons (Fsp3) is 0.222. The molecule has 0 saturated heterocycles. The van der Waals surface area contributed by atoms with Crippen LogP contribution in [0.1, 0.15) is 47.1 Å². The lowest BCUT2D eigenvalue weighted by Gasteiger charge is -2.25. The fourth-order valence-electron chi connectivity index (χ4n) is 4.39. The van der Waals surface area contributed by atoms with E-state index in [4.69, 9.17) is 25.5 Å². The molecule has 2 aromatic carbocycles. The number of hydrogen-bond donors (Lipinski definition) is 0. The van der Waals surface area contributed by atoms with Crippen molar-refractivity contribution >= 4 is 34.3 Å². The number of rotatable bonds is 6. The van der Waals surface area contributed by atoms with Crippen LogP contribution in [0.3, 0.4) is 0 Å². The highest BCUT2D eigenvalue weighted by atomic mass is 35.5. The Labute approximate surface area is 206 Å². The molecule has 0 aliphatic carbocycles. The summed E-state index contributed by atoms with van der Waals surface area (Å²) in [5.41, 5.74) is 1.81. The highest BCUT2D eigenvalue weighted by Gasteiger charge is 2.44. The number of pyridine rings is 1. The number of ether oxygens (including phenoxy) is 2. The van der Waals surface area contributed by atoms with E-state index in [1.165, 1.54) is 4.90 Å². The normalized spacial score (nSPS) is 14.9. The summed E-state index contributed by atoms with van der Waals surface area (Å²) in [7, 11) is 0. The van der Waals surface area contributed by atoms with Gasteiger partial charge in [0.05, 0.1) is 30.2 Å². The number of benzene rings is 2. The molecule has 1 aliphatic heterocycles. The van der Waals surface area contributed by atoms with E-state index >= 15 is 0 Å². The molecular weight excluding hydrogens is 468 g/mol. The smallest absolute Gasteiger partial charge is 0.296 e. The highest BCUT2D eigenvalue weighted by Crippen LogP contribution is 2.43. The predicted molar refractivity (Wildman–Crippen MR) is 134 cm³/mol. The standard InChI is InChI=1S/C27H23ClN2O5/c1-4-33-20-8-6-16(13-21(20)34-5-2)24-23-25(31)18-14-17(28)7-9-19(18)35-26(23)27(32)30(24)22-12-15(3)10-11-29-22/h6-14,24H,4-5H2,1-3H3. The largest absolute Gasteiger partial charge is 0.490 e. The van der Waals surface area contributed by atoms with Gasteiger partial charge in [-0.15, -0.1) is 0 Å². The van der Waals surface area contributed by atoms with Crippen LogP contribution in [0.2, 0.25) is 5.02 Å². The Kier molecular flexibility index (Phi) is 5.94. The molecule has 35 heavy (non-hydrogen) atoms. The summed E-state index contributed by atoms with van der Waals surface area (Å²) in [6.07, 6.45) is 1.63. The molecule has 1 unspecified atom stereocenters. The molecule has 178 valence electrons. The fourth-order valence-corrected chi connectivity index (χ4v) is 4.56. The predicted octanol–water partition coefficient (Wildman–Crippen LogP) is 5.70. The van der Waals surface area contributed by atoms with Crippen LogP contribution in [0.5, 0.6) is 11.5 Å². The second-order valence-electron chi connectivity index (χ2n) is 8.16. The Hall–Kier alpha value is -3.84. The molecule has 2 aromatic heterocycles. The van der Waals surface area contributed by atoms with Gasteiger partial charge in [0.2, 0.25) is 5.76 Å². The van der Waals surface area contributed by atoms with Gasteiger partial charge in [-0.05, 0) is 74.4 Å². The third kappa shape index (κ3) is 3.91. The highest BCUT2D eigenvalue weighted by molar-refractivity contribution is 6.31. The van der Waals surface area contributed by atoms with Gasteiger partial charge < -0.3 is 13.9 Å². The van der Waals surface area contributed by atoms with E-state index in [0.717, 1.165) is 5.56 Å². The second kappa shape index (κ2) is 9.07. The van der Waals surface area contributed by atoms with Gasteiger partial charge in [0, 0.05) is 11.2 Å². The molecule has 8 heteroatoms. The molecule has 0 fully saturated rings. The maximum Gasteiger partial charge on any atom is 0.296 e. The van der Waals surface area contributed by atoms with Crippen molar-refractivity contribution < 1.29 is 18.7 Å². The molecule has 0 spiro atoms. The number of aryl methyl sites for hydroxylation is 1. The Morgan fingerprint density at radius 1 is 1.00 bits per heavy atom. The molecule has 0 N–H and O–H groups in total. The average molecular weight is 491 g/mol. The number of halogens is 1. The van der Waals surface area contributed by atoms with Crippen molar-refractivity contribution in [3.05, 3.63) is 92.4 Å². The molecule has 0 saturated carbocycles. The lowest BCUT2D eigenvalue weighted by atomic mass is 9.98. The number of fused-ring (bicyclic) bond motifs is 2. The molecule has 4 aromatic rings. The number of carbonyl (C=O) groups excluding carboxylic acids is 1.